The number of nitrogens with zero attached hydrogens (tertiary/aromatic N) is 2. The number of hydrogen-bond donors (Lipinski definition) is 0. The normalized spacial score (nSPS) is 22.2. The average Bonchev–Trinajstić information content (AvgIpc) is 3.06. The van der Waals surface area contributed by atoms with Crippen LogP contribution < -0.4 is 9.64 Å². The summed E-state index contributed by atoms with van der Waals surface area (Å²) in [5.74, 6) is 1.00. The zero-order chi connectivity index (χ0) is 21.6. The van der Waals surface area contributed by atoms with E-state index in [1.54, 1.807) is 4.90 Å². The lowest BCUT2D eigenvalue weighted by molar-refractivity contribution is -0.00147. The lowest BCUT2D eigenvalue weighted by atomic mass is 9.90. The fraction of sp³-hybridized carbons (Fsp3) is 0.480. The third-order valence-electron chi connectivity index (χ3n) is 6.78. The van der Waals surface area contributed by atoms with E-state index in [0.29, 0.717) is 6.54 Å². The van der Waals surface area contributed by atoms with Crippen molar-refractivity contribution >= 4 is 23.4 Å². The van der Waals surface area contributed by atoms with E-state index in [1.165, 1.54) is 5.56 Å². The molecule has 1 spiro atoms. The molecule has 5 rings (SSSR count). The summed E-state index contributed by atoms with van der Waals surface area (Å²) < 4.78 is 12.3. The van der Waals surface area contributed by atoms with Crippen LogP contribution in [0, 0.1) is 0 Å². The van der Waals surface area contributed by atoms with Crippen molar-refractivity contribution in [3.63, 3.8) is 0 Å². The Hall–Kier alpha value is -2.24. The fourth-order valence-electron chi connectivity index (χ4n) is 4.96. The van der Waals surface area contributed by atoms with Crippen LogP contribution in [0.2, 0.25) is 5.02 Å². The van der Waals surface area contributed by atoms with E-state index in [-0.39, 0.29) is 11.7 Å². The maximum Gasteiger partial charge on any atom is 0.415 e. The summed E-state index contributed by atoms with van der Waals surface area (Å²) >= 11 is 6.42. The standard InChI is InChI=1S/C25H29ClN2O3/c1-24(2)9-8-18-14-20(26)15-19(22(18)30-24)16-27-12-10-25(11-13-27)17-28(23(29)31-25)21-6-4-3-5-7-21/h3-7,14-15H,8-13,16-17H2,1-2H3. The van der Waals surface area contributed by atoms with Crippen molar-refractivity contribution in [2.24, 2.45) is 0 Å². The van der Waals surface area contributed by atoms with Crippen LogP contribution in [-0.4, -0.2) is 41.8 Å². The number of anilines is 1. The molecule has 31 heavy (non-hydrogen) atoms. The molecular weight excluding hydrogens is 412 g/mol. The molecule has 5 nitrogen and oxygen atoms in total. The highest BCUT2D eigenvalue weighted by molar-refractivity contribution is 6.30. The number of ether oxygens (including phenoxy) is 2. The quantitative estimate of drug-likeness (QED) is 0.637. The molecule has 2 aromatic rings. The molecule has 0 radical (unpaired) electrons. The minimum absolute atomic E-state index is 0.152. The molecule has 6 heteroatoms. The van der Waals surface area contributed by atoms with E-state index in [4.69, 9.17) is 21.1 Å². The average molecular weight is 441 g/mol. The van der Waals surface area contributed by atoms with Gasteiger partial charge in [-0.05, 0) is 56.5 Å². The number of aryl methyl sites for hydroxylation is 1. The minimum Gasteiger partial charge on any atom is -0.487 e. The molecule has 3 heterocycles. The van der Waals surface area contributed by atoms with Crippen LogP contribution in [0.1, 0.15) is 44.2 Å². The first kappa shape index (κ1) is 20.7. The van der Waals surface area contributed by atoms with Crippen molar-refractivity contribution in [2.45, 2.75) is 57.3 Å². The van der Waals surface area contributed by atoms with Crippen LogP contribution >= 0.6 is 11.6 Å². The first-order valence-electron chi connectivity index (χ1n) is 11.1. The van der Waals surface area contributed by atoms with Gasteiger partial charge in [0.15, 0.2) is 0 Å². The van der Waals surface area contributed by atoms with Gasteiger partial charge in [-0.2, -0.15) is 0 Å². The van der Waals surface area contributed by atoms with Crippen molar-refractivity contribution < 1.29 is 14.3 Å². The second-order valence-corrected chi connectivity index (χ2v) is 10.1. The summed E-state index contributed by atoms with van der Waals surface area (Å²) in [5.41, 5.74) is 2.71. The number of likely N-dealkylation sites (tertiary alicyclic amines) is 1. The molecule has 2 aromatic carbocycles. The van der Waals surface area contributed by atoms with Gasteiger partial charge in [0.05, 0.1) is 6.54 Å². The van der Waals surface area contributed by atoms with Crippen LogP contribution in [0.3, 0.4) is 0 Å². The second kappa shape index (κ2) is 7.72. The number of benzene rings is 2. The van der Waals surface area contributed by atoms with Crippen LogP contribution in [0.25, 0.3) is 0 Å². The summed E-state index contributed by atoms with van der Waals surface area (Å²) in [6.45, 7) is 7.46. The van der Waals surface area contributed by atoms with Crippen molar-refractivity contribution in [3.8, 4) is 5.75 Å². The maximum absolute atomic E-state index is 12.5. The molecule has 0 N–H and O–H groups in total. The summed E-state index contributed by atoms with van der Waals surface area (Å²) in [7, 11) is 0. The van der Waals surface area contributed by atoms with Gasteiger partial charge in [-0.15, -0.1) is 0 Å². The molecule has 0 bridgehead atoms. The number of carbonyl (C=O) groups excluding carboxylic acids is 1. The number of halogens is 1. The van der Waals surface area contributed by atoms with E-state index in [9.17, 15) is 4.79 Å². The van der Waals surface area contributed by atoms with Gasteiger partial charge in [-0.3, -0.25) is 9.80 Å². The molecule has 0 unspecified atom stereocenters. The van der Waals surface area contributed by atoms with Gasteiger partial charge in [-0.1, -0.05) is 29.8 Å². The first-order chi connectivity index (χ1) is 14.8. The zero-order valence-electron chi connectivity index (χ0n) is 18.2. The number of carbonyl (C=O) groups is 1. The Labute approximate surface area is 188 Å². The maximum atomic E-state index is 12.5. The molecule has 0 atom stereocenters. The van der Waals surface area contributed by atoms with Crippen molar-refractivity contribution in [3.05, 3.63) is 58.6 Å². The topological polar surface area (TPSA) is 42.0 Å². The Balaban J connectivity index is 1.27. The monoisotopic (exact) mass is 440 g/mol. The fourth-order valence-corrected chi connectivity index (χ4v) is 5.22. The molecule has 0 aromatic heterocycles. The van der Waals surface area contributed by atoms with E-state index in [1.807, 2.05) is 42.5 Å². The molecule has 3 aliphatic heterocycles. The van der Waals surface area contributed by atoms with Gasteiger partial charge in [0.25, 0.3) is 0 Å². The zero-order valence-corrected chi connectivity index (χ0v) is 19.0. The first-order valence-corrected chi connectivity index (χ1v) is 11.5. The number of hydrogen-bond acceptors (Lipinski definition) is 4. The van der Waals surface area contributed by atoms with Crippen LogP contribution in [0.4, 0.5) is 10.5 Å². The van der Waals surface area contributed by atoms with Crippen molar-refractivity contribution in [1.82, 2.24) is 4.90 Å². The number of fused-ring (bicyclic) bond motifs is 1. The summed E-state index contributed by atoms with van der Waals surface area (Å²) in [6, 6.07) is 13.9. The van der Waals surface area contributed by atoms with E-state index in [0.717, 1.165) is 67.3 Å². The van der Waals surface area contributed by atoms with Gasteiger partial charge in [0.2, 0.25) is 0 Å². The number of para-hydroxylation sites is 1. The molecule has 2 saturated heterocycles. The largest absolute Gasteiger partial charge is 0.487 e. The number of rotatable bonds is 3. The molecule has 2 fully saturated rings. The Morgan fingerprint density at radius 2 is 1.77 bits per heavy atom. The molecule has 0 saturated carbocycles. The Kier molecular flexibility index (Phi) is 5.14. The van der Waals surface area contributed by atoms with E-state index < -0.39 is 5.60 Å². The molecular formula is C25H29ClN2O3. The van der Waals surface area contributed by atoms with Crippen molar-refractivity contribution in [1.29, 1.82) is 0 Å². The smallest absolute Gasteiger partial charge is 0.415 e. The highest BCUT2D eigenvalue weighted by atomic mass is 35.5. The summed E-state index contributed by atoms with van der Waals surface area (Å²) in [4.78, 5) is 16.7. The predicted molar refractivity (Wildman–Crippen MR) is 122 cm³/mol. The van der Waals surface area contributed by atoms with Crippen LogP contribution in [0.15, 0.2) is 42.5 Å². The molecule has 3 aliphatic rings. The van der Waals surface area contributed by atoms with Gasteiger partial charge in [0, 0.05) is 48.7 Å². The van der Waals surface area contributed by atoms with E-state index >= 15 is 0 Å². The SMILES string of the molecule is CC1(C)CCc2cc(Cl)cc(CN3CCC4(CC3)CN(c3ccccc3)C(=O)O4)c2O1. The van der Waals surface area contributed by atoms with E-state index in [2.05, 4.69) is 18.7 Å². The predicted octanol–water partition coefficient (Wildman–Crippen LogP) is 5.44. The van der Waals surface area contributed by atoms with Crippen molar-refractivity contribution in [2.75, 3.05) is 24.5 Å². The third-order valence-corrected chi connectivity index (χ3v) is 7.00. The number of amides is 1. The van der Waals surface area contributed by atoms with Crippen LogP contribution in [-0.2, 0) is 17.7 Å². The highest BCUT2D eigenvalue weighted by Gasteiger charge is 2.47. The highest BCUT2D eigenvalue weighted by Crippen LogP contribution is 2.40. The summed E-state index contributed by atoms with van der Waals surface area (Å²) in [5, 5.41) is 0.772. The third kappa shape index (κ3) is 4.13. The minimum atomic E-state index is -0.393. The lowest BCUT2D eigenvalue weighted by Crippen LogP contribution is -2.46. The Bertz CT molecular complexity index is 984. The van der Waals surface area contributed by atoms with Gasteiger partial charge in [0.1, 0.15) is 17.0 Å². The van der Waals surface area contributed by atoms with Gasteiger partial charge < -0.3 is 9.47 Å². The van der Waals surface area contributed by atoms with Crippen LogP contribution in [0.5, 0.6) is 5.75 Å². The van der Waals surface area contributed by atoms with Gasteiger partial charge in [-0.25, -0.2) is 4.79 Å². The summed E-state index contributed by atoms with van der Waals surface area (Å²) in [6.07, 6.45) is 3.41. The van der Waals surface area contributed by atoms with Gasteiger partial charge >= 0.3 is 6.09 Å². The molecule has 164 valence electrons. The second-order valence-electron chi connectivity index (χ2n) is 9.66. The lowest BCUT2D eigenvalue weighted by Gasteiger charge is -2.38. The molecule has 0 aliphatic carbocycles. The Morgan fingerprint density at radius 3 is 2.52 bits per heavy atom. The Morgan fingerprint density at radius 1 is 1.03 bits per heavy atom. The number of piperidine rings is 1. The molecule has 1 amide bonds.